The number of nitrogens with two attached hydrogens (primary N) is 1. The summed E-state index contributed by atoms with van der Waals surface area (Å²) in [5.41, 5.74) is 5.79. The molecule has 0 fully saturated rings. The second kappa shape index (κ2) is 28.3. The Morgan fingerprint density at radius 1 is 1.00 bits per heavy atom. The topological polar surface area (TPSA) is 156 Å². The fourth-order valence-electron chi connectivity index (χ4n) is 2.76. The van der Waals surface area contributed by atoms with Crippen molar-refractivity contribution < 1.29 is 111 Å². The summed E-state index contributed by atoms with van der Waals surface area (Å²) >= 11 is 1.23. The van der Waals surface area contributed by atoms with Crippen molar-refractivity contribution in [2.75, 3.05) is 12.3 Å². The average Bonchev–Trinajstić information content (AvgIpc) is 2.79. The predicted molar refractivity (Wildman–Crippen MR) is 132 cm³/mol. The van der Waals surface area contributed by atoms with Crippen LogP contribution in [0.5, 0.6) is 0 Å². The third kappa shape index (κ3) is 25.9. The molecule has 0 radical (unpaired) electrons. The minimum atomic E-state index is -1.42. The molecule has 0 aliphatic heterocycles. The zero-order chi connectivity index (χ0) is 25.6. The summed E-state index contributed by atoms with van der Waals surface area (Å²) in [5, 5.41) is 33.3. The first kappa shape index (κ1) is 40.8. The number of aliphatic carboxylic acids is 2. The van der Waals surface area contributed by atoms with Crippen molar-refractivity contribution in [3.05, 3.63) is 48.6 Å². The molecule has 0 spiro atoms. The third-order valence-corrected chi connectivity index (χ3v) is 6.06. The van der Waals surface area contributed by atoms with Gasteiger partial charge in [-0.25, -0.2) is 0 Å². The molecule has 4 N–H and O–H groups in total. The van der Waals surface area contributed by atoms with E-state index in [-0.39, 0.29) is 106 Å². The van der Waals surface area contributed by atoms with Gasteiger partial charge in [0.15, 0.2) is 0 Å². The van der Waals surface area contributed by atoms with Crippen molar-refractivity contribution in [3.63, 3.8) is 0 Å². The summed E-state index contributed by atoms with van der Waals surface area (Å²) in [7, 11) is 0. The Labute approximate surface area is 284 Å². The standard InChI is InChI=1S/C25H40N2O6S.K.Na/c1-2-3-4-5-6-7-8-9-10-11-12-13-16-22(21(28)15-14-17-23(29)30)34-19-20(26)25(33)27-18-24(31)32;;/h6-7,9-13,16,20-22,28H,2-5,8,14-15,17-19,26H2,1H3,(H,27,33)(H,29,30)(H,31,32);;/q;2*+1/p-2/b7-6-,10-9-,12-11+,16-13+;;/t20-,21+,22-;;/m0../s1. The Bertz CT molecular complexity index is 719. The van der Waals surface area contributed by atoms with Crippen LogP contribution in [0, 0.1) is 0 Å². The molecule has 0 aromatic carbocycles. The van der Waals surface area contributed by atoms with Crippen LogP contribution in [0.15, 0.2) is 48.6 Å². The van der Waals surface area contributed by atoms with Crippen LogP contribution in [0.3, 0.4) is 0 Å². The van der Waals surface area contributed by atoms with Gasteiger partial charge in [0.05, 0.1) is 24.7 Å². The molecule has 0 bridgehead atoms. The molecule has 0 saturated heterocycles. The van der Waals surface area contributed by atoms with Crippen LogP contribution in [-0.2, 0) is 14.4 Å². The molecule has 192 valence electrons. The van der Waals surface area contributed by atoms with Crippen LogP contribution in [0.2, 0.25) is 0 Å². The SMILES string of the molecule is CCCCC/C=C\C\C=C/C=C/C=C/[C@H](SC[C@H](N)C(=O)NCC(=O)[O-])[C@H](O)CCCC(=O)[O-].[K+].[Na+]. The number of carbonyl (C=O) groups is 3. The molecule has 0 aromatic heterocycles. The van der Waals surface area contributed by atoms with Gasteiger partial charge in [-0.2, -0.15) is 0 Å². The van der Waals surface area contributed by atoms with Crippen molar-refractivity contribution in [2.45, 2.75) is 75.7 Å². The van der Waals surface area contributed by atoms with E-state index in [1.165, 1.54) is 31.0 Å². The van der Waals surface area contributed by atoms with Gasteiger partial charge < -0.3 is 36.0 Å². The van der Waals surface area contributed by atoms with Gasteiger partial charge in [0, 0.05) is 17.0 Å². The van der Waals surface area contributed by atoms with Crippen molar-refractivity contribution in [1.29, 1.82) is 0 Å². The van der Waals surface area contributed by atoms with Gasteiger partial charge in [-0.05, 0) is 38.5 Å². The summed E-state index contributed by atoms with van der Waals surface area (Å²) < 4.78 is 0. The molecular formula is C25H38KN2NaO6S. The molecule has 0 heterocycles. The van der Waals surface area contributed by atoms with E-state index in [0.29, 0.717) is 0 Å². The average molecular weight is 557 g/mol. The van der Waals surface area contributed by atoms with Crippen molar-refractivity contribution in [1.82, 2.24) is 5.32 Å². The fraction of sp³-hybridized carbons (Fsp3) is 0.560. The van der Waals surface area contributed by atoms with Crippen molar-refractivity contribution in [3.8, 4) is 0 Å². The maximum atomic E-state index is 11.8. The third-order valence-electron chi connectivity index (χ3n) is 4.66. The van der Waals surface area contributed by atoms with E-state index in [1.807, 2.05) is 24.3 Å². The maximum Gasteiger partial charge on any atom is 1.00 e. The monoisotopic (exact) mass is 556 g/mol. The minimum Gasteiger partial charge on any atom is -0.550 e. The molecule has 0 aliphatic rings. The van der Waals surface area contributed by atoms with E-state index in [1.54, 1.807) is 12.2 Å². The summed E-state index contributed by atoms with van der Waals surface area (Å²) in [6.45, 7) is 1.56. The Hall–Kier alpha value is 0.276. The predicted octanol–water partition coefficient (Wildman–Crippen LogP) is -5.23. The van der Waals surface area contributed by atoms with E-state index >= 15 is 0 Å². The fourth-order valence-corrected chi connectivity index (χ4v) is 3.90. The first-order valence-corrected chi connectivity index (χ1v) is 12.7. The van der Waals surface area contributed by atoms with Gasteiger partial charge in [0.25, 0.3) is 0 Å². The van der Waals surface area contributed by atoms with Crippen LogP contribution in [0.25, 0.3) is 0 Å². The second-order valence-electron chi connectivity index (χ2n) is 7.73. The normalized spacial score (nSPS) is 14.0. The number of aliphatic hydroxyl groups is 1. The van der Waals surface area contributed by atoms with Gasteiger partial charge >= 0.3 is 80.9 Å². The summed E-state index contributed by atoms with van der Waals surface area (Å²) in [6, 6.07) is -0.968. The van der Waals surface area contributed by atoms with E-state index < -0.39 is 41.8 Å². The largest absolute Gasteiger partial charge is 1.00 e. The molecule has 36 heavy (non-hydrogen) atoms. The summed E-state index contributed by atoms with van der Waals surface area (Å²) in [5.74, 6) is -3.08. The van der Waals surface area contributed by atoms with Crippen LogP contribution >= 0.6 is 11.8 Å². The zero-order valence-corrected chi connectivity index (χ0v) is 27.8. The Balaban J connectivity index is -0.00000544. The summed E-state index contributed by atoms with van der Waals surface area (Å²) in [6.07, 6.45) is 20.7. The molecule has 3 atom stereocenters. The molecule has 0 aliphatic carbocycles. The number of carbonyl (C=O) groups excluding carboxylic acids is 3. The first-order chi connectivity index (χ1) is 16.3. The quantitative estimate of drug-likeness (QED) is 0.0582. The number of nitrogens with one attached hydrogen (secondary N) is 1. The molecule has 11 heteroatoms. The van der Waals surface area contributed by atoms with E-state index in [9.17, 15) is 29.7 Å². The van der Waals surface area contributed by atoms with Crippen LogP contribution < -0.4 is 102 Å². The number of amides is 1. The Morgan fingerprint density at radius 2 is 1.69 bits per heavy atom. The molecule has 1 amide bonds. The van der Waals surface area contributed by atoms with Gasteiger partial charge in [-0.15, -0.1) is 11.8 Å². The maximum absolute atomic E-state index is 11.8. The number of thioether (sulfide) groups is 1. The summed E-state index contributed by atoms with van der Waals surface area (Å²) in [4.78, 5) is 32.9. The molecule has 8 nitrogen and oxygen atoms in total. The van der Waals surface area contributed by atoms with Gasteiger partial charge in [-0.3, -0.25) is 4.79 Å². The number of unbranched alkanes of at least 4 members (excludes halogenated alkanes) is 3. The van der Waals surface area contributed by atoms with E-state index in [2.05, 4.69) is 24.4 Å². The molecular weight excluding hydrogens is 518 g/mol. The van der Waals surface area contributed by atoms with Gasteiger partial charge in [-0.1, -0.05) is 68.4 Å². The van der Waals surface area contributed by atoms with Crippen LogP contribution in [-0.4, -0.2) is 52.6 Å². The first-order valence-electron chi connectivity index (χ1n) is 11.7. The van der Waals surface area contributed by atoms with E-state index in [0.717, 1.165) is 12.8 Å². The van der Waals surface area contributed by atoms with E-state index in [4.69, 9.17) is 5.73 Å². The number of carboxylic acid groups (broad SMARTS) is 2. The molecule has 0 saturated carbocycles. The second-order valence-corrected chi connectivity index (χ2v) is 8.94. The molecule has 0 rings (SSSR count). The number of allylic oxidation sites excluding steroid dienone is 7. The number of carboxylic acids is 2. The zero-order valence-electron chi connectivity index (χ0n) is 21.9. The Morgan fingerprint density at radius 3 is 2.33 bits per heavy atom. The minimum absolute atomic E-state index is 0. The Kier molecular flexibility index (Phi) is 32.0. The smallest absolute Gasteiger partial charge is 0.550 e. The van der Waals surface area contributed by atoms with Crippen molar-refractivity contribution >= 4 is 29.6 Å². The number of aliphatic hydroxyl groups excluding tert-OH is 1. The number of rotatable bonds is 20. The molecule has 0 aromatic rings. The number of hydrogen-bond donors (Lipinski definition) is 3. The van der Waals surface area contributed by atoms with Gasteiger partial charge in [0.1, 0.15) is 0 Å². The molecule has 0 unspecified atom stereocenters. The van der Waals surface area contributed by atoms with Crippen LogP contribution in [0.1, 0.15) is 58.3 Å². The van der Waals surface area contributed by atoms with Crippen LogP contribution in [0.4, 0.5) is 0 Å². The van der Waals surface area contributed by atoms with Crippen molar-refractivity contribution in [2.24, 2.45) is 5.73 Å². The number of hydrogen-bond acceptors (Lipinski definition) is 8. The van der Waals surface area contributed by atoms with Gasteiger partial charge in [0.2, 0.25) is 5.91 Å².